The Morgan fingerprint density at radius 3 is 2.78 bits per heavy atom. The third-order valence-corrected chi connectivity index (χ3v) is 2.62. The molecule has 1 atom stereocenters. The van der Waals surface area contributed by atoms with Crippen LogP contribution in [0.5, 0.6) is 0 Å². The summed E-state index contributed by atoms with van der Waals surface area (Å²) in [4.78, 5) is 11.6. The van der Waals surface area contributed by atoms with Crippen LogP contribution in [0.4, 0.5) is 0 Å². The third-order valence-electron chi connectivity index (χ3n) is 2.62. The zero-order chi connectivity index (χ0) is 13.4. The van der Waals surface area contributed by atoms with Crippen LogP contribution in [0, 0.1) is 0 Å². The van der Waals surface area contributed by atoms with Crippen molar-refractivity contribution in [1.29, 1.82) is 0 Å². The van der Waals surface area contributed by atoms with E-state index in [1.54, 1.807) is 6.07 Å². The van der Waals surface area contributed by atoms with Gasteiger partial charge in [-0.1, -0.05) is 18.2 Å². The second kappa shape index (κ2) is 7.84. The molecule has 0 aromatic heterocycles. The van der Waals surface area contributed by atoms with E-state index >= 15 is 0 Å². The van der Waals surface area contributed by atoms with Gasteiger partial charge in [0.2, 0.25) is 0 Å². The van der Waals surface area contributed by atoms with Crippen molar-refractivity contribution in [3.63, 3.8) is 0 Å². The lowest BCUT2D eigenvalue weighted by Gasteiger charge is -2.13. The molecule has 0 fully saturated rings. The van der Waals surface area contributed by atoms with Gasteiger partial charge in [0.15, 0.2) is 0 Å². The summed E-state index contributed by atoms with van der Waals surface area (Å²) >= 11 is 0. The number of hydrogen-bond donors (Lipinski definition) is 1. The highest BCUT2D eigenvalue weighted by atomic mass is 16.5. The first-order valence-electron chi connectivity index (χ1n) is 6.17. The van der Waals surface area contributed by atoms with Crippen LogP contribution in [-0.2, 0) is 16.0 Å². The fourth-order valence-electron chi connectivity index (χ4n) is 1.74. The molecule has 0 saturated heterocycles. The van der Waals surface area contributed by atoms with Crippen LogP contribution in [0.2, 0.25) is 0 Å². The Bertz CT molecular complexity index is 379. The fourth-order valence-corrected chi connectivity index (χ4v) is 1.74. The summed E-state index contributed by atoms with van der Waals surface area (Å²) < 4.78 is 10.2. The smallest absolute Gasteiger partial charge is 0.338 e. The zero-order valence-corrected chi connectivity index (χ0v) is 11.2. The minimum atomic E-state index is -0.301. The Balaban J connectivity index is 2.54. The summed E-state index contributed by atoms with van der Waals surface area (Å²) in [6, 6.07) is 7.44. The van der Waals surface area contributed by atoms with Crippen molar-refractivity contribution in [2.45, 2.75) is 26.5 Å². The maximum absolute atomic E-state index is 11.6. The van der Waals surface area contributed by atoms with Gasteiger partial charge in [-0.05, 0) is 25.5 Å². The molecule has 4 nitrogen and oxygen atoms in total. The van der Waals surface area contributed by atoms with E-state index in [4.69, 9.17) is 9.47 Å². The van der Waals surface area contributed by atoms with Gasteiger partial charge in [-0.2, -0.15) is 0 Å². The molecule has 0 amide bonds. The van der Waals surface area contributed by atoms with Gasteiger partial charge < -0.3 is 14.8 Å². The molecule has 0 saturated carbocycles. The molecule has 0 aliphatic heterocycles. The van der Waals surface area contributed by atoms with E-state index in [1.165, 1.54) is 7.11 Å². The Hall–Kier alpha value is -1.39. The number of hydrogen-bond acceptors (Lipinski definition) is 4. The molecule has 1 aromatic rings. The number of carbonyl (C=O) groups excluding carboxylic acids is 1. The molecule has 0 radical (unpaired) electrons. The standard InChI is InChI=1S/C14H21NO3/c1-4-18-11(2)9-15-10-12-7-5-6-8-13(12)14(16)17-3/h5-8,11,15H,4,9-10H2,1-3H3. The van der Waals surface area contributed by atoms with E-state index in [-0.39, 0.29) is 12.1 Å². The maximum atomic E-state index is 11.6. The number of carbonyl (C=O) groups is 1. The lowest BCUT2D eigenvalue weighted by Crippen LogP contribution is -2.27. The molecular weight excluding hydrogens is 230 g/mol. The quantitative estimate of drug-likeness (QED) is 0.753. The van der Waals surface area contributed by atoms with E-state index in [0.717, 1.165) is 12.1 Å². The average Bonchev–Trinajstić information content (AvgIpc) is 2.39. The molecule has 18 heavy (non-hydrogen) atoms. The normalized spacial score (nSPS) is 12.2. The zero-order valence-electron chi connectivity index (χ0n) is 11.2. The summed E-state index contributed by atoms with van der Waals surface area (Å²) in [5, 5.41) is 3.27. The number of ether oxygens (including phenoxy) is 2. The molecule has 0 spiro atoms. The predicted octanol–water partition coefficient (Wildman–Crippen LogP) is 1.99. The molecular formula is C14H21NO3. The highest BCUT2D eigenvalue weighted by molar-refractivity contribution is 5.90. The molecule has 1 N–H and O–H groups in total. The van der Waals surface area contributed by atoms with Crippen LogP contribution in [0.25, 0.3) is 0 Å². The van der Waals surface area contributed by atoms with Gasteiger partial charge in [-0.3, -0.25) is 0 Å². The van der Waals surface area contributed by atoms with Crippen LogP contribution >= 0.6 is 0 Å². The fraction of sp³-hybridized carbons (Fsp3) is 0.500. The summed E-state index contributed by atoms with van der Waals surface area (Å²) in [5.41, 5.74) is 1.55. The van der Waals surface area contributed by atoms with Crippen LogP contribution < -0.4 is 5.32 Å². The molecule has 1 rings (SSSR count). The van der Waals surface area contributed by atoms with Gasteiger partial charge in [0.25, 0.3) is 0 Å². The van der Waals surface area contributed by atoms with Gasteiger partial charge in [0, 0.05) is 19.7 Å². The second-order valence-corrected chi connectivity index (χ2v) is 4.05. The van der Waals surface area contributed by atoms with E-state index in [1.807, 2.05) is 32.0 Å². The number of esters is 1. The Labute approximate surface area is 108 Å². The first-order valence-corrected chi connectivity index (χ1v) is 6.17. The van der Waals surface area contributed by atoms with Gasteiger partial charge in [0.05, 0.1) is 18.8 Å². The summed E-state index contributed by atoms with van der Waals surface area (Å²) in [5.74, 6) is -0.301. The lowest BCUT2D eigenvalue weighted by molar-refractivity contribution is 0.0599. The van der Waals surface area contributed by atoms with Gasteiger partial charge in [0.1, 0.15) is 0 Å². The highest BCUT2D eigenvalue weighted by Gasteiger charge is 2.10. The number of benzene rings is 1. The minimum absolute atomic E-state index is 0.167. The SMILES string of the molecule is CCOC(C)CNCc1ccccc1C(=O)OC. The van der Waals surface area contributed by atoms with Gasteiger partial charge in [-0.25, -0.2) is 4.79 Å². The summed E-state index contributed by atoms with van der Waals surface area (Å²) in [6.45, 7) is 6.08. The van der Waals surface area contributed by atoms with Crippen LogP contribution in [0.3, 0.4) is 0 Å². The lowest BCUT2D eigenvalue weighted by atomic mass is 10.1. The Kier molecular flexibility index (Phi) is 6.39. The third kappa shape index (κ3) is 4.47. The molecule has 1 aromatic carbocycles. The van der Waals surface area contributed by atoms with E-state index in [0.29, 0.717) is 18.7 Å². The van der Waals surface area contributed by atoms with Crippen LogP contribution in [0.1, 0.15) is 29.8 Å². The van der Waals surface area contributed by atoms with Crippen molar-refractivity contribution in [3.05, 3.63) is 35.4 Å². The van der Waals surface area contributed by atoms with E-state index < -0.39 is 0 Å². The molecule has 0 aliphatic rings. The molecule has 100 valence electrons. The number of methoxy groups -OCH3 is 1. The highest BCUT2D eigenvalue weighted by Crippen LogP contribution is 2.09. The largest absolute Gasteiger partial charge is 0.465 e. The first-order chi connectivity index (χ1) is 8.69. The topological polar surface area (TPSA) is 47.6 Å². The van der Waals surface area contributed by atoms with Crippen molar-refractivity contribution < 1.29 is 14.3 Å². The van der Waals surface area contributed by atoms with Crippen molar-refractivity contribution in [3.8, 4) is 0 Å². The first kappa shape index (κ1) is 14.7. The minimum Gasteiger partial charge on any atom is -0.465 e. The van der Waals surface area contributed by atoms with Crippen molar-refractivity contribution in [1.82, 2.24) is 5.32 Å². The van der Waals surface area contributed by atoms with E-state index in [2.05, 4.69) is 5.32 Å². The van der Waals surface area contributed by atoms with Crippen LogP contribution in [-0.4, -0.2) is 32.3 Å². The number of rotatable bonds is 7. The summed E-state index contributed by atoms with van der Waals surface area (Å²) in [6.07, 6.45) is 0.167. The molecule has 0 bridgehead atoms. The van der Waals surface area contributed by atoms with Crippen molar-refractivity contribution in [2.24, 2.45) is 0 Å². The average molecular weight is 251 g/mol. The molecule has 4 heteroatoms. The molecule has 0 aliphatic carbocycles. The van der Waals surface area contributed by atoms with Gasteiger partial charge in [-0.15, -0.1) is 0 Å². The van der Waals surface area contributed by atoms with Crippen molar-refractivity contribution in [2.75, 3.05) is 20.3 Å². The Morgan fingerprint density at radius 2 is 2.11 bits per heavy atom. The number of nitrogens with one attached hydrogen (secondary N) is 1. The molecule has 0 heterocycles. The van der Waals surface area contributed by atoms with Crippen LogP contribution in [0.15, 0.2) is 24.3 Å². The maximum Gasteiger partial charge on any atom is 0.338 e. The second-order valence-electron chi connectivity index (χ2n) is 4.05. The van der Waals surface area contributed by atoms with Crippen molar-refractivity contribution >= 4 is 5.97 Å². The summed E-state index contributed by atoms with van der Waals surface area (Å²) in [7, 11) is 1.39. The Morgan fingerprint density at radius 1 is 1.39 bits per heavy atom. The molecule has 1 unspecified atom stereocenters. The predicted molar refractivity (Wildman–Crippen MR) is 70.6 cm³/mol. The van der Waals surface area contributed by atoms with Gasteiger partial charge >= 0.3 is 5.97 Å². The monoisotopic (exact) mass is 251 g/mol. The van der Waals surface area contributed by atoms with E-state index in [9.17, 15) is 4.79 Å².